The van der Waals surface area contributed by atoms with Gasteiger partial charge in [-0.15, -0.1) is 0 Å². The standard InChI is InChI=1S/C43H32F2N4O5S/c1-49-22-21-47-40(49)33-24-32(55-43(42(50)51,30-13-7-3-8-14-30)31-15-9-4-10-16-31)18-20-35(33)53-39-34(44)26-48-41(38(39)45)54-37-23-29(25-46)17-19-36(37)52-27-28-11-5-2-6-12-28/h2-21,23-24,26,40H,22,27H2,1H3,(H,50,51). The van der Waals surface area contributed by atoms with Crippen molar-refractivity contribution in [1.82, 2.24) is 9.88 Å². The first-order valence-electron chi connectivity index (χ1n) is 17.1. The minimum Gasteiger partial charge on any atom is -0.485 e. The third-order valence-electron chi connectivity index (χ3n) is 8.85. The van der Waals surface area contributed by atoms with Crippen LogP contribution in [0.2, 0.25) is 0 Å². The second-order valence-electron chi connectivity index (χ2n) is 12.5. The summed E-state index contributed by atoms with van der Waals surface area (Å²) < 4.78 is 47.9. The largest absolute Gasteiger partial charge is 0.485 e. The lowest BCUT2D eigenvalue weighted by molar-refractivity contribution is -0.138. The van der Waals surface area contributed by atoms with Crippen molar-refractivity contribution < 1.29 is 32.9 Å². The number of nitrogens with zero attached hydrogens (tertiary/aromatic N) is 4. The van der Waals surface area contributed by atoms with Gasteiger partial charge in [0.1, 0.15) is 18.5 Å². The quantitative estimate of drug-likeness (QED) is 0.115. The number of hydrogen-bond acceptors (Lipinski definition) is 9. The molecule has 1 unspecified atom stereocenters. The van der Waals surface area contributed by atoms with Crippen LogP contribution >= 0.6 is 11.8 Å². The van der Waals surface area contributed by atoms with Crippen LogP contribution in [0.1, 0.15) is 34.0 Å². The maximum absolute atomic E-state index is 16.3. The topological polar surface area (TPSA) is 117 Å². The number of halogens is 2. The summed E-state index contributed by atoms with van der Waals surface area (Å²) in [6.45, 7) is 0.664. The molecule has 55 heavy (non-hydrogen) atoms. The summed E-state index contributed by atoms with van der Waals surface area (Å²) in [5, 5.41) is 20.4. The Kier molecular flexibility index (Phi) is 10.8. The fourth-order valence-corrected chi connectivity index (χ4v) is 7.38. The van der Waals surface area contributed by atoms with E-state index >= 15 is 8.78 Å². The molecule has 0 amide bonds. The maximum Gasteiger partial charge on any atom is 0.329 e. The number of aliphatic carboxylic acids is 1. The maximum atomic E-state index is 16.3. The highest BCUT2D eigenvalue weighted by atomic mass is 32.2. The zero-order chi connectivity index (χ0) is 38.4. The minimum absolute atomic E-state index is 0.0123. The van der Waals surface area contributed by atoms with E-state index < -0.39 is 40.1 Å². The van der Waals surface area contributed by atoms with Crippen LogP contribution in [0.15, 0.2) is 143 Å². The molecular weight excluding hydrogens is 723 g/mol. The molecule has 0 aliphatic carbocycles. The summed E-state index contributed by atoms with van der Waals surface area (Å²) in [5.74, 6) is -4.53. The van der Waals surface area contributed by atoms with E-state index in [1.54, 1.807) is 66.9 Å². The number of carboxylic acids is 1. The summed E-state index contributed by atoms with van der Waals surface area (Å²) in [5.41, 5.74) is 2.64. The molecule has 6 aromatic rings. The highest BCUT2D eigenvalue weighted by Crippen LogP contribution is 2.49. The van der Waals surface area contributed by atoms with Crippen molar-refractivity contribution in [1.29, 1.82) is 5.26 Å². The van der Waals surface area contributed by atoms with Crippen LogP contribution in [0.25, 0.3) is 0 Å². The van der Waals surface area contributed by atoms with E-state index in [0.29, 0.717) is 28.1 Å². The Hall–Kier alpha value is -6.55. The van der Waals surface area contributed by atoms with Gasteiger partial charge >= 0.3 is 5.97 Å². The van der Waals surface area contributed by atoms with Crippen molar-refractivity contribution in [3.8, 4) is 34.9 Å². The predicted molar refractivity (Wildman–Crippen MR) is 204 cm³/mol. The van der Waals surface area contributed by atoms with E-state index in [9.17, 15) is 15.2 Å². The molecule has 1 aliphatic heterocycles. The SMILES string of the molecule is CN1CC=NC1c1cc(SC(C(=O)O)(c2ccccc2)c2ccccc2)ccc1Oc1c(F)cnc(Oc2cc(C#N)ccc2OCc2ccccc2)c1F. The Bertz CT molecular complexity index is 2360. The van der Waals surface area contributed by atoms with Gasteiger partial charge in [-0.3, -0.25) is 9.89 Å². The van der Waals surface area contributed by atoms with Gasteiger partial charge in [-0.2, -0.15) is 9.65 Å². The van der Waals surface area contributed by atoms with Crippen LogP contribution in [-0.4, -0.2) is 40.8 Å². The molecule has 12 heteroatoms. The van der Waals surface area contributed by atoms with Crippen molar-refractivity contribution in [3.05, 3.63) is 173 Å². The molecule has 9 nitrogen and oxygen atoms in total. The lowest BCUT2D eigenvalue weighted by Gasteiger charge is -2.31. The zero-order valence-corrected chi connectivity index (χ0v) is 30.1. The molecule has 0 saturated carbocycles. The number of thioether (sulfide) groups is 1. The Balaban J connectivity index is 1.25. The molecular formula is C43H32F2N4O5S. The molecule has 0 fully saturated rings. The average Bonchev–Trinajstić information content (AvgIpc) is 3.65. The molecule has 0 bridgehead atoms. The van der Waals surface area contributed by atoms with Crippen LogP contribution in [0.5, 0.6) is 28.9 Å². The van der Waals surface area contributed by atoms with Gasteiger partial charge in [-0.05, 0) is 54.1 Å². The number of benzene rings is 5. The summed E-state index contributed by atoms with van der Waals surface area (Å²) in [7, 11) is 1.84. The Morgan fingerprint density at radius 1 is 0.891 bits per heavy atom. The monoisotopic (exact) mass is 754 g/mol. The lowest BCUT2D eigenvalue weighted by atomic mass is 9.90. The van der Waals surface area contributed by atoms with E-state index in [2.05, 4.69) is 9.98 Å². The third-order valence-corrected chi connectivity index (χ3v) is 10.3. The summed E-state index contributed by atoms with van der Waals surface area (Å²) in [4.78, 5) is 24.2. The van der Waals surface area contributed by atoms with Crippen LogP contribution in [0.3, 0.4) is 0 Å². The number of nitriles is 1. The second-order valence-corrected chi connectivity index (χ2v) is 13.8. The molecule has 5 aromatic carbocycles. The van der Waals surface area contributed by atoms with Crippen molar-refractivity contribution >= 4 is 23.9 Å². The Morgan fingerprint density at radius 2 is 1.55 bits per heavy atom. The van der Waals surface area contributed by atoms with Gasteiger partial charge in [0.15, 0.2) is 22.1 Å². The number of rotatable bonds is 13. The van der Waals surface area contributed by atoms with Gasteiger partial charge in [-0.25, -0.2) is 14.2 Å². The normalized spacial score (nSPS) is 14.0. The Labute approximate surface area is 320 Å². The van der Waals surface area contributed by atoms with E-state index in [0.717, 1.165) is 23.5 Å². The van der Waals surface area contributed by atoms with Crippen LogP contribution < -0.4 is 14.2 Å². The summed E-state index contributed by atoms with van der Waals surface area (Å²) in [6, 6.07) is 38.6. The van der Waals surface area contributed by atoms with Gasteiger partial charge in [0.05, 0.1) is 17.8 Å². The molecule has 0 radical (unpaired) electrons. The molecule has 7 rings (SSSR count). The number of ether oxygens (including phenoxy) is 3. The van der Waals surface area contributed by atoms with Crippen LogP contribution in [0.4, 0.5) is 8.78 Å². The first kappa shape index (κ1) is 36.8. The molecule has 2 heterocycles. The Morgan fingerprint density at radius 3 is 2.16 bits per heavy atom. The first-order valence-corrected chi connectivity index (χ1v) is 17.9. The van der Waals surface area contributed by atoms with Crippen LogP contribution in [0, 0.1) is 23.0 Å². The van der Waals surface area contributed by atoms with E-state index in [4.69, 9.17) is 14.2 Å². The van der Waals surface area contributed by atoms with Crippen molar-refractivity contribution in [2.45, 2.75) is 22.4 Å². The third kappa shape index (κ3) is 7.75. The molecule has 1 aromatic heterocycles. The van der Waals surface area contributed by atoms with E-state index in [-0.39, 0.29) is 29.4 Å². The second kappa shape index (κ2) is 16.2. The number of hydrogen-bond donors (Lipinski definition) is 1. The number of carboxylic acid groups (broad SMARTS) is 1. The smallest absolute Gasteiger partial charge is 0.329 e. The molecule has 0 spiro atoms. The van der Waals surface area contributed by atoms with Gasteiger partial charge < -0.3 is 19.3 Å². The first-order chi connectivity index (χ1) is 26.8. The van der Waals surface area contributed by atoms with Crippen molar-refractivity contribution in [2.75, 3.05) is 13.6 Å². The van der Waals surface area contributed by atoms with Crippen LogP contribution in [-0.2, 0) is 16.1 Å². The molecule has 1 aliphatic rings. The summed E-state index contributed by atoms with van der Waals surface area (Å²) in [6.07, 6.45) is 1.89. The van der Waals surface area contributed by atoms with Gasteiger partial charge in [0, 0.05) is 29.3 Å². The van der Waals surface area contributed by atoms with Crippen molar-refractivity contribution in [2.24, 2.45) is 4.99 Å². The summed E-state index contributed by atoms with van der Waals surface area (Å²) >= 11 is 1.12. The number of carbonyl (C=O) groups is 1. The average molecular weight is 755 g/mol. The number of aromatic nitrogens is 1. The molecule has 0 saturated heterocycles. The lowest BCUT2D eigenvalue weighted by Crippen LogP contribution is -2.33. The zero-order valence-electron chi connectivity index (χ0n) is 29.3. The van der Waals surface area contributed by atoms with Crippen molar-refractivity contribution in [3.63, 3.8) is 0 Å². The highest BCUT2D eigenvalue weighted by Gasteiger charge is 2.44. The van der Waals surface area contributed by atoms with Gasteiger partial charge in [0.25, 0.3) is 5.88 Å². The number of pyridine rings is 1. The predicted octanol–water partition coefficient (Wildman–Crippen LogP) is 9.53. The minimum atomic E-state index is -1.55. The fraction of sp³-hybridized carbons (Fsp3) is 0.116. The van der Waals surface area contributed by atoms with E-state index in [1.165, 1.54) is 24.3 Å². The molecule has 1 atom stereocenters. The van der Waals surface area contributed by atoms with Gasteiger partial charge in [-0.1, -0.05) is 103 Å². The molecule has 274 valence electrons. The highest BCUT2D eigenvalue weighted by molar-refractivity contribution is 8.01. The number of aliphatic imine (C=N–C) groups is 1. The fourth-order valence-electron chi connectivity index (χ4n) is 6.11. The molecule has 1 N–H and O–H groups in total. The van der Waals surface area contributed by atoms with Gasteiger partial charge in [0.2, 0.25) is 11.6 Å². The van der Waals surface area contributed by atoms with E-state index in [1.807, 2.05) is 60.5 Å².